The SMILES string of the molecule is NCCc1c(Br)[nH]c2c(Br)cccc12. The Morgan fingerprint density at radius 2 is 2.07 bits per heavy atom. The summed E-state index contributed by atoms with van der Waals surface area (Å²) in [7, 11) is 0. The zero-order valence-electron chi connectivity index (χ0n) is 7.48. The minimum Gasteiger partial charge on any atom is -0.348 e. The number of halogens is 2. The van der Waals surface area contributed by atoms with Crippen LogP contribution in [0, 0.1) is 0 Å². The summed E-state index contributed by atoms with van der Waals surface area (Å²) in [6.07, 6.45) is 0.886. The third-order valence-corrected chi connectivity index (χ3v) is 3.57. The molecule has 2 nitrogen and oxygen atoms in total. The summed E-state index contributed by atoms with van der Waals surface area (Å²) < 4.78 is 2.11. The molecule has 0 unspecified atom stereocenters. The van der Waals surface area contributed by atoms with Crippen molar-refractivity contribution in [2.75, 3.05) is 6.54 Å². The van der Waals surface area contributed by atoms with Crippen molar-refractivity contribution < 1.29 is 0 Å². The molecule has 0 saturated carbocycles. The van der Waals surface area contributed by atoms with Crippen molar-refractivity contribution in [1.29, 1.82) is 0 Å². The van der Waals surface area contributed by atoms with Gasteiger partial charge in [-0.05, 0) is 56.5 Å². The Hall–Kier alpha value is -0.320. The van der Waals surface area contributed by atoms with Crippen LogP contribution >= 0.6 is 31.9 Å². The number of rotatable bonds is 2. The van der Waals surface area contributed by atoms with Gasteiger partial charge < -0.3 is 10.7 Å². The van der Waals surface area contributed by atoms with Gasteiger partial charge in [-0.25, -0.2) is 0 Å². The number of aromatic nitrogens is 1. The molecular weight excluding hydrogens is 308 g/mol. The van der Waals surface area contributed by atoms with Crippen LogP contribution in [0.15, 0.2) is 27.3 Å². The van der Waals surface area contributed by atoms with Gasteiger partial charge in [0.2, 0.25) is 0 Å². The van der Waals surface area contributed by atoms with E-state index in [0.29, 0.717) is 6.54 Å². The van der Waals surface area contributed by atoms with Crippen LogP contribution in [0.3, 0.4) is 0 Å². The van der Waals surface area contributed by atoms with Crippen LogP contribution in [0.5, 0.6) is 0 Å². The van der Waals surface area contributed by atoms with Crippen LogP contribution in [0.25, 0.3) is 10.9 Å². The standard InChI is InChI=1S/C10H10Br2N2/c11-8-3-1-2-6-7(4-5-13)10(12)14-9(6)8/h1-3,14H,4-5,13H2. The van der Waals surface area contributed by atoms with E-state index in [-0.39, 0.29) is 0 Å². The number of fused-ring (bicyclic) bond motifs is 1. The highest BCUT2D eigenvalue weighted by atomic mass is 79.9. The highest BCUT2D eigenvalue weighted by Crippen LogP contribution is 2.31. The second kappa shape index (κ2) is 4.04. The Kier molecular flexibility index (Phi) is 2.95. The maximum Gasteiger partial charge on any atom is 0.0864 e. The van der Waals surface area contributed by atoms with Gasteiger partial charge in [-0.15, -0.1) is 0 Å². The lowest BCUT2D eigenvalue weighted by Gasteiger charge is -1.97. The maximum absolute atomic E-state index is 5.57. The monoisotopic (exact) mass is 316 g/mol. The first kappa shape index (κ1) is 10.2. The van der Waals surface area contributed by atoms with Crippen LogP contribution in [-0.2, 0) is 6.42 Å². The lowest BCUT2D eigenvalue weighted by Crippen LogP contribution is -2.02. The Labute approximate surface area is 99.1 Å². The third-order valence-electron chi connectivity index (χ3n) is 2.23. The fraction of sp³-hybridized carbons (Fsp3) is 0.200. The summed E-state index contributed by atoms with van der Waals surface area (Å²) in [5.74, 6) is 0. The topological polar surface area (TPSA) is 41.8 Å². The highest BCUT2D eigenvalue weighted by molar-refractivity contribution is 9.11. The van der Waals surface area contributed by atoms with Crippen LogP contribution in [0.4, 0.5) is 0 Å². The molecule has 3 N–H and O–H groups in total. The zero-order valence-corrected chi connectivity index (χ0v) is 10.7. The molecule has 0 saturated heterocycles. The number of aromatic amines is 1. The molecule has 0 amide bonds. The van der Waals surface area contributed by atoms with Crippen molar-refractivity contribution in [3.8, 4) is 0 Å². The fourth-order valence-corrected chi connectivity index (χ4v) is 2.67. The van der Waals surface area contributed by atoms with E-state index in [1.165, 1.54) is 10.9 Å². The zero-order chi connectivity index (χ0) is 10.1. The summed E-state index contributed by atoms with van der Waals surface area (Å²) >= 11 is 7.02. The average Bonchev–Trinajstić information content (AvgIpc) is 2.47. The van der Waals surface area contributed by atoms with E-state index in [9.17, 15) is 0 Å². The van der Waals surface area contributed by atoms with Gasteiger partial charge in [0.15, 0.2) is 0 Å². The molecule has 0 aliphatic rings. The van der Waals surface area contributed by atoms with Crippen molar-refractivity contribution in [3.63, 3.8) is 0 Å². The highest BCUT2D eigenvalue weighted by Gasteiger charge is 2.09. The smallest absolute Gasteiger partial charge is 0.0864 e. The maximum atomic E-state index is 5.57. The molecule has 2 aromatic rings. The van der Waals surface area contributed by atoms with Gasteiger partial charge in [0.25, 0.3) is 0 Å². The molecule has 1 heterocycles. The lowest BCUT2D eigenvalue weighted by molar-refractivity contribution is 0.970. The van der Waals surface area contributed by atoms with Crippen molar-refractivity contribution in [3.05, 3.63) is 32.8 Å². The first-order valence-corrected chi connectivity index (χ1v) is 5.97. The normalized spacial score (nSPS) is 11.1. The number of hydrogen-bond acceptors (Lipinski definition) is 1. The number of para-hydroxylation sites is 1. The largest absolute Gasteiger partial charge is 0.348 e. The molecule has 1 aromatic carbocycles. The molecule has 1 aromatic heterocycles. The molecule has 14 heavy (non-hydrogen) atoms. The summed E-state index contributed by atoms with van der Waals surface area (Å²) in [4.78, 5) is 3.29. The van der Waals surface area contributed by atoms with E-state index in [0.717, 1.165) is 21.0 Å². The molecule has 0 spiro atoms. The molecular formula is C10H10Br2N2. The first-order chi connectivity index (χ1) is 6.74. The molecule has 0 radical (unpaired) electrons. The van der Waals surface area contributed by atoms with E-state index in [4.69, 9.17) is 5.73 Å². The van der Waals surface area contributed by atoms with Gasteiger partial charge >= 0.3 is 0 Å². The summed E-state index contributed by atoms with van der Waals surface area (Å²) in [5, 5.41) is 1.23. The molecule has 74 valence electrons. The first-order valence-electron chi connectivity index (χ1n) is 4.38. The summed E-state index contributed by atoms with van der Waals surface area (Å²) in [6, 6.07) is 6.16. The molecule has 4 heteroatoms. The van der Waals surface area contributed by atoms with Gasteiger partial charge in [-0.3, -0.25) is 0 Å². The number of benzene rings is 1. The van der Waals surface area contributed by atoms with Gasteiger partial charge in [0.1, 0.15) is 0 Å². The summed E-state index contributed by atoms with van der Waals surface area (Å²) in [6.45, 7) is 0.665. The number of nitrogens with one attached hydrogen (secondary N) is 1. The second-order valence-electron chi connectivity index (χ2n) is 3.12. The predicted octanol–water partition coefficient (Wildman–Crippen LogP) is 3.19. The number of nitrogens with two attached hydrogens (primary N) is 1. The Bertz CT molecular complexity index is 462. The molecule has 0 bridgehead atoms. The summed E-state index contributed by atoms with van der Waals surface area (Å²) in [5.41, 5.74) is 7.95. The Morgan fingerprint density at radius 3 is 2.79 bits per heavy atom. The van der Waals surface area contributed by atoms with E-state index < -0.39 is 0 Å². The van der Waals surface area contributed by atoms with Crippen molar-refractivity contribution >= 4 is 42.8 Å². The van der Waals surface area contributed by atoms with Crippen molar-refractivity contribution in [2.24, 2.45) is 5.73 Å². The molecule has 0 atom stereocenters. The molecule has 2 rings (SSSR count). The third kappa shape index (κ3) is 1.62. The van der Waals surface area contributed by atoms with Crippen molar-refractivity contribution in [2.45, 2.75) is 6.42 Å². The number of H-pyrrole nitrogens is 1. The average molecular weight is 318 g/mol. The van der Waals surface area contributed by atoms with Gasteiger partial charge in [-0.1, -0.05) is 12.1 Å². The quantitative estimate of drug-likeness (QED) is 0.877. The fourth-order valence-electron chi connectivity index (χ4n) is 1.59. The minimum absolute atomic E-state index is 0.665. The van der Waals surface area contributed by atoms with Gasteiger partial charge in [0.05, 0.1) is 10.1 Å². The van der Waals surface area contributed by atoms with Crippen molar-refractivity contribution in [1.82, 2.24) is 4.98 Å². The van der Waals surface area contributed by atoms with Gasteiger partial charge in [-0.2, -0.15) is 0 Å². The molecule has 0 fully saturated rings. The number of hydrogen-bond donors (Lipinski definition) is 2. The minimum atomic E-state index is 0.665. The van der Waals surface area contributed by atoms with E-state index in [2.05, 4.69) is 42.9 Å². The van der Waals surface area contributed by atoms with Crippen LogP contribution in [0.2, 0.25) is 0 Å². The Balaban J connectivity index is 2.70. The second-order valence-corrected chi connectivity index (χ2v) is 4.77. The molecule has 0 aliphatic carbocycles. The van der Waals surface area contributed by atoms with Crippen LogP contribution in [0.1, 0.15) is 5.56 Å². The lowest BCUT2D eigenvalue weighted by atomic mass is 10.1. The van der Waals surface area contributed by atoms with E-state index in [1.807, 2.05) is 12.1 Å². The van der Waals surface area contributed by atoms with E-state index >= 15 is 0 Å². The van der Waals surface area contributed by atoms with Gasteiger partial charge in [0, 0.05) is 9.86 Å². The predicted molar refractivity (Wildman–Crippen MR) is 66.5 cm³/mol. The molecule has 0 aliphatic heterocycles. The Morgan fingerprint density at radius 1 is 1.29 bits per heavy atom. The van der Waals surface area contributed by atoms with E-state index in [1.54, 1.807) is 0 Å². The van der Waals surface area contributed by atoms with Crippen LogP contribution < -0.4 is 5.73 Å². The van der Waals surface area contributed by atoms with Crippen LogP contribution in [-0.4, -0.2) is 11.5 Å².